The van der Waals surface area contributed by atoms with Crippen molar-refractivity contribution in [1.29, 1.82) is 0 Å². The van der Waals surface area contributed by atoms with E-state index in [9.17, 15) is 0 Å². The predicted molar refractivity (Wildman–Crippen MR) is 70.6 cm³/mol. The number of hydrogen-bond donors (Lipinski definition) is 1. The van der Waals surface area contributed by atoms with Crippen LogP contribution in [0, 0.1) is 5.92 Å². The van der Waals surface area contributed by atoms with E-state index in [1.165, 1.54) is 39.1 Å². The summed E-state index contributed by atoms with van der Waals surface area (Å²) in [5, 5.41) is 0. The maximum Gasteiger partial charge on any atom is 0.0226 e. The average molecular weight is 227 g/mol. The summed E-state index contributed by atoms with van der Waals surface area (Å²) in [5.74, 6) is 0.820. The Morgan fingerprint density at radius 3 is 2.00 bits per heavy atom. The summed E-state index contributed by atoms with van der Waals surface area (Å²) < 4.78 is 0. The molecule has 0 atom stereocenters. The van der Waals surface area contributed by atoms with Gasteiger partial charge >= 0.3 is 0 Å². The molecule has 96 valence electrons. The van der Waals surface area contributed by atoms with Gasteiger partial charge in [0.15, 0.2) is 0 Å². The lowest BCUT2D eigenvalue weighted by molar-refractivity contribution is 0.113. The summed E-state index contributed by atoms with van der Waals surface area (Å²) in [5.41, 5.74) is 5.99. The highest BCUT2D eigenvalue weighted by atomic mass is 15.3. The first kappa shape index (κ1) is 13.9. The zero-order chi connectivity index (χ0) is 12.2. The minimum atomic E-state index is -0.0555. The summed E-state index contributed by atoms with van der Waals surface area (Å²) in [6, 6.07) is 0. The normalized spacial score (nSPS) is 20.6. The zero-order valence-corrected chi connectivity index (χ0v) is 11.5. The van der Waals surface area contributed by atoms with Crippen molar-refractivity contribution in [3.8, 4) is 0 Å². The van der Waals surface area contributed by atoms with E-state index in [0.29, 0.717) is 0 Å². The minimum absolute atomic E-state index is 0.0555. The van der Waals surface area contributed by atoms with Crippen LogP contribution in [0.15, 0.2) is 0 Å². The van der Waals surface area contributed by atoms with Gasteiger partial charge < -0.3 is 10.6 Å². The molecule has 3 nitrogen and oxygen atoms in total. The second kappa shape index (κ2) is 5.99. The fourth-order valence-corrected chi connectivity index (χ4v) is 2.19. The van der Waals surface area contributed by atoms with Crippen LogP contribution in [0.25, 0.3) is 0 Å². The molecule has 0 aliphatic carbocycles. The SMILES string of the molecule is CC(C)CCN1CCN(CC(C)(C)N)CC1. The van der Waals surface area contributed by atoms with Crippen LogP contribution >= 0.6 is 0 Å². The molecule has 1 rings (SSSR count). The second-order valence-corrected chi connectivity index (χ2v) is 6.29. The highest BCUT2D eigenvalue weighted by Crippen LogP contribution is 2.08. The van der Waals surface area contributed by atoms with Gasteiger partial charge in [-0.3, -0.25) is 4.90 Å². The smallest absolute Gasteiger partial charge is 0.0226 e. The van der Waals surface area contributed by atoms with E-state index in [-0.39, 0.29) is 5.54 Å². The molecular weight excluding hydrogens is 198 g/mol. The van der Waals surface area contributed by atoms with E-state index in [1.54, 1.807) is 0 Å². The molecule has 1 fully saturated rings. The molecular formula is C13H29N3. The van der Waals surface area contributed by atoms with E-state index in [4.69, 9.17) is 5.73 Å². The van der Waals surface area contributed by atoms with Crippen LogP contribution in [0.2, 0.25) is 0 Å². The van der Waals surface area contributed by atoms with E-state index in [1.807, 2.05) is 0 Å². The molecule has 0 aromatic carbocycles. The van der Waals surface area contributed by atoms with E-state index < -0.39 is 0 Å². The number of nitrogens with zero attached hydrogens (tertiary/aromatic N) is 2. The topological polar surface area (TPSA) is 32.5 Å². The molecule has 1 saturated heterocycles. The van der Waals surface area contributed by atoms with Gasteiger partial charge in [-0.1, -0.05) is 13.8 Å². The van der Waals surface area contributed by atoms with Crippen molar-refractivity contribution in [3.05, 3.63) is 0 Å². The lowest BCUT2D eigenvalue weighted by Crippen LogP contribution is -2.53. The first-order valence-corrected chi connectivity index (χ1v) is 6.60. The van der Waals surface area contributed by atoms with Gasteiger partial charge in [0.1, 0.15) is 0 Å². The maximum absolute atomic E-state index is 6.04. The van der Waals surface area contributed by atoms with Gasteiger partial charge in [-0.05, 0) is 32.7 Å². The van der Waals surface area contributed by atoms with E-state index >= 15 is 0 Å². The summed E-state index contributed by atoms with van der Waals surface area (Å²) in [4.78, 5) is 5.08. The van der Waals surface area contributed by atoms with Crippen LogP contribution in [0.4, 0.5) is 0 Å². The monoisotopic (exact) mass is 227 g/mol. The van der Waals surface area contributed by atoms with Gasteiger partial charge in [-0.15, -0.1) is 0 Å². The first-order chi connectivity index (χ1) is 7.37. The minimum Gasteiger partial charge on any atom is -0.324 e. The molecule has 2 N–H and O–H groups in total. The fraction of sp³-hybridized carbons (Fsp3) is 1.00. The Labute approximate surface area is 101 Å². The van der Waals surface area contributed by atoms with E-state index in [0.717, 1.165) is 12.5 Å². The van der Waals surface area contributed by atoms with Crippen LogP contribution in [0.5, 0.6) is 0 Å². The van der Waals surface area contributed by atoms with Crippen LogP contribution in [0.3, 0.4) is 0 Å². The number of hydrogen-bond acceptors (Lipinski definition) is 3. The lowest BCUT2D eigenvalue weighted by Gasteiger charge is -2.37. The van der Waals surface area contributed by atoms with Crippen LogP contribution in [-0.4, -0.2) is 54.6 Å². The maximum atomic E-state index is 6.04. The lowest BCUT2D eigenvalue weighted by atomic mass is 10.1. The third-order valence-corrected chi connectivity index (χ3v) is 3.12. The van der Waals surface area contributed by atoms with Crippen molar-refractivity contribution in [1.82, 2.24) is 9.80 Å². The number of rotatable bonds is 5. The third kappa shape index (κ3) is 5.83. The number of nitrogens with two attached hydrogens (primary N) is 1. The van der Waals surface area contributed by atoms with Gasteiger partial charge in [-0.2, -0.15) is 0 Å². The molecule has 0 aromatic rings. The van der Waals surface area contributed by atoms with Crippen molar-refractivity contribution >= 4 is 0 Å². The first-order valence-electron chi connectivity index (χ1n) is 6.60. The molecule has 1 aliphatic rings. The van der Waals surface area contributed by atoms with Crippen molar-refractivity contribution < 1.29 is 0 Å². The molecule has 0 unspecified atom stereocenters. The average Bonchev–Trinajstić information content (AvgIpc) is 2.14. The third-order valence-electron chi connectivity index (χ3n) is 3.12. The Balaban J connectivity index is 2.18. The standard InChI is InChI=1S/C13H29N3/c1-12(2)5-6-15-7-9-16(10-8-15)11-13(3,4)14/h12H,5-11,14H2,1-4H3. The largest absolute Gasteiger partial charge is 0.324 e. The zero-order valence-electron chi connectivity index (χ0n) is 11.5. The van der Waals surface area contributed by atoms with Gasteiger partial charge in [0.05, 0.1) is 0 Å². The molecule has 0 amide bonds. The Morgan fingerprint density at radius 2 is 1.56 bits per heavy atom. The van der Waals surface area contributed by atoms with Gasteiger partial charge in [0.2, 0.25) is 0 Å². The Kier molecular flexibility index (Phi) is 5.22. The van der Waals surface area contributed by atoms with Gasteiger partial charge in [0, 0.05) is 38.3 Å². The Bertz CT molecular complexity index is 188. The van der Waals surface area contributed by atoms with E-state index in [2.05, 4.69) is 37.5 Å². The van der Waals surface area contributed by atoms with Crippen LogP contribution in [-0.2, 0) is 0 Å². The highest BCUT2D eigenvalue weighted by Gasteiger charge is 2.21. The highest BCUT2D eigenvalue weighted by molar-refractivity contribution is 4.81. The molecule has 1 heterocycles. The van der Waals surface area contributed by atoms with Crippen LogP contribution in [0.1, 0.15) is 34.1 Å². The second-order valence-electron chi connectivity index (χ2n) is 6.29. The van der Waals surface area contributed by atoms with Crippen molar-refractivity contribution in [2.45, 2.75) is 39.7 Å². The summed E-state index contributed by atoms with van der Waals surface area (Å²) in [7, 11) is 0. The number of piperazine rings is 1. The fourth-order valence-electron chi connectivity index (χ4n) is 2.19. The molecule has 0 bridgehead atoms. The summed E-state index contributed by atoms with van der Waals surface area (Å²) in [6.07, 6.45) is 1.32. The van der Waals surface area contributed by atoms with Crippen molar-refractivity contribution in [2.24, 2.45) is 11.7 Å². The Hall–Kier alpha value is -0.120. The molecule has 16 heavy (non-hydrogen) atoms. The van der Waals surface area contributed by atoms with Crippen molar-refractivity contribution in [2.75, 3.05) is 39.3 Å². The molecule has 0 aromatic heterocycles. The Morgan fingerprint density at radius 1 is 1.06 bits per heavy atom. The summed E-state index contributed by atoms with van der Waals surface area (Å²) >= 11 is 0. The van der Waals surface area contributed by atoms with Gasteiger partial charge in [-0.25, -0.2) is 0 Å². The molecule has 0 saturated carbocycles. The quantitative estimate of drug-likeness (QED) is 0.770. The molecule has 3 heteroatoms. The molecule has 0 spiro atoms. The predicted octanol–water partition coefficient (Wildman–Crippen LogP) is 1.39. The van der Waals surface area contributed by atoms with Crippen LogP contribution < -0.4 is 5.73 Å². The summed E-state index contributed by atoms with van der Waals surface area (Å²) in [6.45, 7) is 15.9. The molecule has 0 radical (unpaired) electrons. The molecule has 1 aliphatic heterocycles. The van der Waals surface area contributed by atoms with Crippen molar-refractivity contribution in [3.63, 3.8) is 0 Å². The van der Waals surface area contributed by atoms with Gasteiger partial charge in [0.25, 0.3) is 0 Å².